The Morgan fingerprint density at radius 1 is 1.03 bits per heavy atom. The van der Waals surface area contributed by atoms with E-state index < -0.39 is 16.0 Å². The summed E-state index contributed by atoms with van der Waals surface area (Å²) in [5.74, 6) is -0.519. The minimum Gasteiger partial charge on any atom is -0.487 e. The SMILES string of the molecule is CCCN(c1ccc(C)cc1OCc1ccc(/C=C/C(=O)O)cc1)S(=O)(=O)c1ccccc1. The molecule has 0 radical (unpaired) electrons. The van der Waals surface area contributed by atoms with Crippen LogP contribution in [-0.2, 0) is 21.4 Å². The van der Waals surface area contributed by atoms with Crippen molar-refractivity contribution in [1.82, 2.24) is 0 Å². The Kier molecular flexibility index (Phi) is 7.90. The lowest BCUT2D eigenvalue weighted by molar-refractivity contribution is -0.131. The van der Waals surface area contributed by atoms with Crippen LogP contribution in [-0.4, -0.2) is 26.0 Å². The van der Waals surface area contributed by atoms with E-state index in [9.17, 15) is 13.2 Å². The molecule has 0 aliphatic rings. The maximum Gasteiger partial charge on any atom is 0.328 e. The van der Waals surface area contributed by atoms with Gasteiger partial charge in [0.25, 0.3) is 10.0 Å². The Bertz CT molecular complexity index is 1220. The molecule has 3 aromatic carbocycles. The van der Waals surface area contributed by atoms with Gasteiger partial charge in [0.1, 0.15) is 12.4 Å². The molecule has 0 aromatic heterocycles. The zero-order chi connectivity index (χ0) is 23.8. The number of sulfonamides is 1. The van der Waals surface area contributed by atoms with Crippen LogP contribution in [0.3, 0.4) is 0 Å². The minimum absolute atomic E-state index is 0.231. The first-order valence-corrected chi connectivity index (χ1v) is 12.1. The summed E-state index contributed by atoms with van der Waals surface area (Å²) in [4.78, 5) is 10.9. The lowest BCUT2D eigenvalue weighted by atomic mass is 10.1. The van der Waals surface area contributed by atoms with Crippen LogP contribution in [0.2, 0.25) is 0 Å². The van der Waals surface area contributed by atoms with Crippen LogP contribution in [0.4, 0.5) is 5.69 Å². The van der Waals surface area contributed by atoms with E-state index in [1.54, 1.807) is 48.5 Å². The molecule has 0 atom stereocenters. The molecule has 3 aromatic rings. The van der Waals surface area contributed by atoms with Crippen molar-refractivity contribution in [3.05, 3.63) is 95.6 Å². The maximum atomic E-state index is 13.4. The van der Waals surface area contributed by atoms with Crippen LogP contribution in [0, 0.1) is 6.92 Å². The van der Waals surface area contributed by atoms with E-state index in [-0.39, 0.29) is 11.5 Å². The molecule has 0 saturated heterocycles. The van der Waals surface area contributed by atoms with Crippen LogP contribution in [0.1, 0.15) is 30.0 Å². The van der Waals surface area contributed by atoms with Crippen molar-refractivity contribution < 1.29 is 23.1 Å². The molecule has 0 aliphatic carbocycles. The van der Waals surface area contributed by atoms with Gasteiger partial charge in [-0.15, -0.1) is 0 Å². The van der Waals surface area contributed by atoms with Gasteiger partial charge in [0.15, 0.2) is 0 Å². The number of carbonyl (C=O) groups is 1. The topological polar surface area (TPSA) is 83.9 Å². The molecule has 0 aliphatic heterocycles. The Labute approximate surface area is 194 Å². The molecule has 0 fully saturated rings. The predicted octanol–water partition coefficient (Wildman–Crippen LogP) is 5.28. The molecule has 3 rings (SSSR count). The molecule has 1 N–H and O–H groups in total. The lowest BCUT2D eigenvalue weighted by Gasteiger charge is -2.26. The van der Waals surface area contributed by atoms with Crippen molar-refractivity contribution in [2.75, 3.05) is 10.8 Å². The number of aryl methyl sites for hydroxylation is 1. The highest BCUT2D eigenvalue weighted by Crippen LogP contribution is 2.34. The van der Waals surface area contributed by atoms with E-state index in [0.717, 1.165) is 22.8 Å². The molecule has 172 valence electrons. The smallest absolute Gasteiger partial charge is 0.328 e. The minimum atomic E-state index is -3.76. The van der Waals surface area contributed by atoms with Gasteiger partial charge in [-0.25, -0.2) is 13.2 Å². The van der Waals surface area contributed by atoms with E-state index >= 15 is 0 Å². The highest BCUT2D eigenvalue weighted by Gasteiger charge is 2.26. The summed E-state index contributed by atoms with van der Waals surface area (Å²) >= 11 is 0. The molecule has 6 nitrogen and oxygen atoms in total. The van der Waals surface area contributed by atoms with Crippen molar-refractivity contribution in [3.63, 3.8) is 0 Å². The molecule has 0 bridgehead atoms. The fraction of sp³-hybridized carbons (Fsp3) is 0.192. The highest BCUT2D eigenvalue weighted by atomic mass is 32.2. The van der Waals surface area contributed by atoms with E-state index in [4.69, 9.17) is 9.84 Å². The molecule has 33 heavy (non-hydrogen) atoms. The Morgan fingerprint density at radius 2 is 1.73 bits per heavy atom. The normalized spacial score (nSPS) is 11.5. The second kappa shape index (κ2) is 10.8. The van der Waals surface area contributed by atoms with Gasteiger partial charge in [-0.05, 0) is 60.4 Å². The number of ether oxygens (including phenoxy) is 1. The Hall–Kier alpha value is -3.58. The number of carboxylic acids is 1. The number of benzene rings is 3. The highest BCUT2D eigenvalue weighted by molar-refractivity contribution is 7.92. The third kappa shape index (κ3) is 6.23. The summed E-state index contributed by atoms with van der Waals surface area (Å²) in [6, 6.07) is 21.2. The van der Waals surface area contributed by atoms with Crippen LogP contribution in [0.25, 0.3) is 6.08 Å². The van der Waals surface area contributed by atoms with Gasteiger partial charge in [-0.1, -0.05) is 55.5 Å². The average molecular weight is 466 g/mol. The largest absolute Gasteiger partial charge is 0.487 e. The van der Waals surface area contributed by atoms with Crippen molar-refractivity contribution in [3.8, 4) is 5.75 Å². The zero-order valence-electron chi connectivity index (χ0n) is 18.6. The fourth-order valence-electron chi connectivity index (χ4n) is 3.29. The number of anilines is 1. The van der Waals surface area contributed by atoms with Crippen LogP contribution >= 0.6 is 0 Å². The maximum absolute atomic E-state index is 13.4. The van der Waals surface area contributed by atoms with E-state index in [1.807, 2.05) is 38.1 Å². The number of carboxylic acid groups (broad SMARTS) is 1. The molecule has 0 saturated carbocycles. The summed E-state index contributed by atoms with van der Waals surface area (Å²) in [5, 5.41) is 8.75. The third-order valence-corrected chi connectivity index (χ3v) is 6.76. The Balaban J connectivity index is 1.88. The molecule has 0 heterocycles. The van der Waals surface area contributed by atoms with Gasteiger partial charge in [0.2, 0.25) is 0 Å². The predicted molar refractivity (Wildman–Crippen MR) is 130 cm³/mol. The van der Waals surface area contributed by atoms with Gasteiger partial charge in [-0.2, -0.15) is 0 Å². The summed E-state index contributed by atoms with van der Waals surface area (Å²) in [7, 11) is -3.76. The monoisotopic (exact) mass is 465 g/mol. The Morgan fingerprint density at radius 3 is 2.36 bits per heavy atom. The van der Waals surface area contributed by atoms with E-state index in [1.165, 1.54) is 10.4 Å². The summed E-state index contributed by atoms with van der Waals surface area (Å²) in [5.41, 5.74) is 3.09. The second-order valence-corrected chi connectivity index (χ2v) is 9.43. The van der Waals surface area contributed by atoms with Crippen LogP contribution < -0.4 is 9.04 Å². The quantitative estimate of drug-likeness (QED) is 0.412. The van der Waals surface area contributed by atoms with Gasteiger partial charge in [-0.3, -0.25) is 4.31 Å². The first-order valence-electron chi connectivity index (χ1n) is 10.6. The number of nitrogens with zero attached hydrogens (tertiary/aromatic N) is 1. The van der Waals surface area contributed by atoms with Gasteiger partial charge < -0.3 is 9.84 Å². The molecule has 7 heteroatoms. The molecular formula is C26H27NO5S. The standard InChI is InChI=1S/C26H27NO5S/c1-3-17-27(33(30,31)23-7-5-4-6-8-23)24-15-9-20(2)18-25(24)32-19-22-12-10-21(11-13-22)14-16-26(28)29/h4-16,18H,3,17,19H2,1-2H3,(H,28,29)/b16-14+. The first-order chi connectivity index (χ1) is 15.8. The van der Waals surface area contributed by atoms with E-state index in [0.29, 0.717) is 24.4 Å². The van der Waals surface area contributed by atoms with E-state index in [2.05, 4.69) is 0 Å². The zero-order valence-corrected chi connectivity index (χ0v) is 19.5. The van der Waals surface area contributed by atoms with Crippen molar-refractivity contribution >= 4 is 27.8 Å². The first kappa shape index (κ1) is 24.1. The number of hydrogen-bond acceptors (Lipinski definition) is 4. The van der Waals surface area contributed by atoms with Gasteiger partial charge >= 0.3 is 5.97 Å². The van der Waals surface area contributed by atoms with Gasteiger partial charge in [0, 0.05) is 12.6 Å². The fourth-order valence-corrected chi connectivity index (χ4v) is 4.88. The van der Waals surface area contributed by atoms with Gasteiger partial charge in [0.05, 0.1) is 10.6 Å². The summed E-state index contributed by atoms with van der Waals surface area (Å²) in [6.07, 6.45) is 3.24. The number of hydrogen-bond donors (Lipinski definition) is 1. The van der Waals surface area contributed by atoms with Crippen LogP contribution in [0.15, 0.2) is 83.8 Å². The summed E-state index contributed by atoms with van der Waals surface area (Å²) in [6.45, 7) is 4.42. The van der Waals surface area contributed by atoms with Crippen LogP contribution in [0.5, 0.6) is 5.75 Å². The van der Waals surface area contributed by atoms with Crippen molar-refractivity contribution in [2.24, 2.45) is 0 Å². The third-order valence-electron chi connectivity index (χ3n) is 4.93. The molecule has 0 unspecified atom stereocenters. The molecule has 0 spiro atoms. The molecular weight excluding hydrogens is 438 g/mol. The average Bonchev–Trinajstić information content (AvgIpc) is 2.81. The number of aliphatic carboxylic acids is 1. The summed E-state index contributed by atoms with van der Waals surface area (Å²) < 4.78 is 34.3. The van der Waals surface area contributed by atoms with Crippen molar-refractivity contribution in [2.45, 2.75) is 31.8 Å². The second-order valence-electron chi connectivity index (χ2n) is 7.56. The number of rotatable bonds is 10. The lowest BCUT2D eigenvalue weighted by Crippen LogP contribution is -2.32. The van der Waals surface area contributed by atoms with Crippen molar-refractivity contribution in [1.29, 1.82) is 0 Å². The molecule has 0 amide bonds.